The molecule has 1 heterocycles. The summed E-state index contributed by atoms with van der Waals surface area (Å²) in [6, 6.07) is 16.2. The van der Waals surface area contributed by atoms with Gasteiger partial charge in [-0.1, -0.05) is 99.7 Å². The molecular formula is C53H73N3O. The lowest BCUT2D eigenvalue weighted by Gasteiger charge is -2.11. The second kappa shape index (κ2) is 27.6. The van der Waals surface area contributed by atoms with Crippen molar-refractivity contribution in [3.8, 4) is 0 Å². The highest BCUT2D eigenvalue weighted by Gasteiger charge is 2.06. The van der Waals surface area contributed by atoms with Gasteiger partial charge in [0.1, 0.15) is 0 Å². The quantitative estimate of drug-likeness (QED) is 0.244. The number of nitrogens with one attached hydrogen (secondary N) is 1. The molecule has 57 heavy (non-hydrogen) atoms. The van der Waals surface area contributed by atoms with Crippen LogP contribution in [-0.2, 0) is 0 Å². The maximum Gasteiger partial charge on any atom is 0.159 e. The Morgan fingerprint density at radius 1 is 0.684 bits per heavy atom. The molecule has 1 saturated heterocycles. The number of nitrogens with zero attached hydrogens (tertiary/aromatic N) is 2. The van der Waals surface area contributed by atoms with Crippen LogP contribution >= 0.6 is 0 Å². The van der Waals surface area contributed by atoms with E-state index in [2.05, 4.69) is 169 Å². The zero-order chi connectivity index (χ0) is 42.0. The number of carbonyl (C=O) groups is 1. The maximum atomic E-state index is 10.9. The van der Waals surface area contributed by atoms with Crippen molar-refractivity contribution in [1.82, 2.24) is 5.32 Å². The molecule has 0 amide bonds. The number of allylic oxidation sites excluding steroid dienone is 19. The SMILES string of the molecule is C/C=C(\CC)C1=C/C(=C\c2ccc(N(C)C)cc2)C=C1.C/C=C(\CC)C1=CC=CC1.C/C=C(\CC)C1=CCC=C1.C1CCNC1.CC(=O)c1ccc(N(C)C)cc1. The van der Waals surface area contributed by atoms with E-state index in [4.69, 9.17) is 0 Å². The van der Waals surface area contributed by atoms with E-state index in [0.717, 1.165) is 43.4 Å². The Morgan fingerprint density at radius 3 is 1.63 bits per heavy atom. The molecule has 0 unspecified atom stereocenters. The Balaban J connectivity index is 0.000000262. The summed E-state index contributed by atoms with van der Waals surface area (Å²) in [4.78, 5) is 15.0. The van der Waals surface area contributed by atoms with Crippen LogP contribution in [0, 0.1) is 0 Å². The fraction of sp³-hybridized carbons (Fsp3) is 0.377. The van der Waals surface area contributed by atoms with Crippen molar-refractivity contribution < 1.29 is 4.79 Å². The molecular weight excluding hydrogens is 695 g/mol. The molecule has 1 fully saturated rings. The van der Waals surface area contributed by atoms with Crippen molar-refractivity contribution >= 4 is 23.2 Å². The molecule has 4 aliphatic rings. The first-order valence-electron chi connectivity index (χ1n) is 21.1. The van der Waals surface area contributed by atoms with Gasteiger partial charge in [0.25, 0.3) is 0 Å². The third kappa shape index (κ3) is 17.8. The number of benzene rings is 2. The van der Waals surface area contributed by atoms with Gasteiger partial charge in [0, 0.05) is 45.1 Å². The Bertz CT molecular complexity index is 1820. The minimum absolute atomic E-state index is 0.111. The summed E-state index contributed by atoms with van der Waals surface area (Å²) < 4.78 is 0. The Labute approximate surface area is 348 Å². The van der Waals surface area contributed by atoms with Crippen LogP contribution in [0.1, 0.15) is 109 Å². The van der Waals surface area contributed by atoms with Crippen LogP contribution in [0.15, 0.2) is 160 Å². The molecule has 2 aromatic carbocycles. The summed E-state index contributed by atoms with van der Waals surface area (Å²) in [7, 11) is 8.07. The third-order valence-corrected chi connectivity index (χ3v) is 10.2. The first kappa shape index (κ1) is 48.2. The van der Waals surface area contributed by atoms with Crippen molar-refractivity contribution in [3.63, 3.8) is 0 Å². The van der Waals surface area contributed by atoms with Crippen molar-refractivity contribution in [1.29, 1.82) is 0 Å². The van der Waals surface area contributed by atoms with Crippen LogP contribution in [0.4, 0.5) is 11.4 Å². The second-order valence-electron chi connectivity index (χ2n) is 14.6. The number of anilines is 2. The van der Waals surface area contributed by atoms with Gasteiger partial charge in [0.15, 0.2) is 5.78 Å². The molecule has 4 heteroatoms. The van der Waals surface area contributed by atoms with Gasteiger partial charge in [0.05, 0.1) is 0 Å². The molecule has 4 nitrogen and oxygen atoms in total. The average Bonchev–Trinajstić information content (AvgIpc) is 4.08. The molecule has 6 rings (SSSR count). The van der Waals surface area contributed by atoms with E-state index in [1.807, 2.05) is 43.3 Å². The van der Waals surface area contributed by atoms with Gasteiger partial charge in [-0.2, -0.15) is 0 Å². The lowest BCUT2D eigenvalue weighted by Crippen LogP contribution is -2.08. The summed E-state index contributed by atoms with van der Waals surface area (Å²) in [6.07, 6.45) is 37.1. The summed E-state index contributed by atoms with van der Waals surface area (Å²) >= 11 is 0. The van der Waals surface area contributed by atoms with E-state index in [1.54, 1.807) is 6.92 Å². The van der Waals surface area contributed by atoms with E-state index < -0.39 is 0 Å². The summed E-state index contributed by atoms with van der Waals surface area (Å²) in [5, 5.41) is 3.22. The predicted octanol–water partition coefficient (Wildman–Crippen LogP) is 13.8. The molecule has 0 spiro atoms. The number of hydrogen-bond donors (Lipinski definition) is 1. The van der Waals surface area contributed by atoms with Gasteiger partial charge < -0.3 is 15.1 Å². The summed E-state index contributed by atoms with van der Waals surface area (Å²) in [6.45, 7) is 17.0. The van der Waals surface area contributed by atoms with Crippen molar-refractivity contribution in [2.75, 3.05) is 51.1 Å². The fourth-order valence-corrected chi connectivity index (χ4v) is 6.58. The van der Waals surface area contributed by atoms with E-state index in [1.165, 1.54) is 76.2 Å². The molecule has 2 aromatic rings. The van der Waals surface area contributed by atoms with Gasteiger partial charge in [-0.25, -0.2) is 0 Å². The number of rotatable bonds is 10. The standard InChI is InChI=1S/C19H23N.C10H13NO.2C10H14.C4H9N/c1-5-17(6-2)18-10-7-16(14-18)13-15-8-11-19(12-9-15)20(3)4;1-8(12)9-4-6-10(7-5-9)11(2)3;2*1-3-9(4-2)10-7-5-6-8-10;1-2-4-5-3-1/h5,7-14H,6H2,1-4H3;4-7H,1-3H3;3,5,7-8H,4,6H2,1-2H3;3,5-7H,4,8H2,1-2H3;5H,1-4H2/b16-13-,17-5+;;2*9-3+;. The van der Waals surface area contributed by atoms with Crippen LogP contribution in [0.2, 0.25) is 0 Å². The highest BCUT2D eigenvalue weighted by Crippen LogP contribution is 2.26. The van der Waals surface area contributed by atoms with Crippen LogP contribution in [0.25, 0.3) is 6.08 Å². The average molecular weight is 768 g/mol. The fourth-order valence-electron chi connectivity index (χ4n) is 6.58. The molecule has 0 aromatic heterocycles. The zero-order valence-electron chi connectivity index (χ0n) is 37.3. The first-order chi connectivity index (χ1) is 27.5. The van der Waals surface area contributed by atoms with Gasteiger partial charge >= 0.3 is 0 Å². The molecule has 1 N–H and O–H groups in total. The third-order valence-electron chi connectivity index (χ3n) is 10.2. The number of Topliss-reactive ketones (excluding diaryl/α,β-unsaturated/α-hetero) is 1. The van der Waals surface area contributed by atoms with E-state index in [0.29, 0.717) is 0 Å². The molecule has 306 valence electrons. The van der Waals surface area contributed by atoms with E-state index in [9.17, 15) is 4.79 Å². The van der Waals surface area contributed by atoms with E-state index >= 15 is 0 Å². The van der Waals surface area contributed by atoms with Crippen LogP contribution in [-0.4, -0.2) is 47.1 Å². The highest BCUT2D eigenvalue weighted by molar-refractivity contribution is 5.94. The van der Waals surface area contributed by atoms with Crippen LogP contribution in [0.5, 0.6) is 0 Å². The zero-order valence-corrected chi connectivity index (χ0v) is 37.3. The van der Waals surface area contributed by atoms with Gasteiger partial charge in [-0.3, -0.25) is 4.79 Å². The van der Waals surface area contributed by atoms with Gasteiger partial charge in [-0.15, -0.1) is 0 Å². The highest BCUT2D eigenvalue weighted by atomic mass is 16.1. The van der Waals surface area contributed by atoms with E-state index in [-0.39, 0.29) is 5.78 Å². The number of ketones is 1. The van der Waals surface area contributed by atoms with Crippen molar-refractivity contribution in [2.45, 2.75) is 93.4 Å². The molecule has 0 atom stereocenters. The topological polar surface area (TPSA) is 35.6 Å². The van der Waals surface area contributed by atoms with Crippen molar-refractivity contribution in [3.05, 3.63) is 172 Å². The predicted molar refractivity (Wildman–Crippen MR) is 255 cm³/mol. The Hall–Kier alpha value is -4.93. The lowest BCUT2D eigenvalue weighted by molar-refractivity contribution is 0.101. The molecule has 1 aliphatic heterocycles. The van der Waals surface area contributed by atoms with Crippen LogP contribution < -0.4 is 15.1 Å². The molecule has 0 radical (unpaired) electrons. The minimum atomic E-state index is 0.111. The molecule has 0 saturated carbocycles. The molecule has 3 aliphatic carbocycles. The van der Waals surface area contributed by atoms with Gasteiger partial charge in [-0.05, 0) is 179 Å². The minimum Gasteiger partial charge on any atom is -0.378 e. The second-order valence-corrected chi connectivity index (χ2v) is 14.6. The Morgan fingerprint density at radius 2 is 1.23 bits per heavy atom. The smallest absolute Gasteiger partial charge is 0.159 e. The van der Waals surface area contributed by atoms with Crippen LogP contribution in [0.3, 0.4) is 0 Å². The number of hydrogen-bond acceptors (Lipinski definition) is 4. The summed E-state index contributed by atoms with van der Waals surface area (Å²) in [5.41, 5.74) is 14.2. The normalized spacial score (nSPS) is 16.2. The maximum absolute atomic E-state index is 10.9. The molecule has 0 bridgehead atoms. The first-order valence-corrected chi connectivity index (χ1v) is 21.1. The Kier molecular flexibility index (Phi) is 23.4. The largest absolute Gasteiger partial charge is 0.378 e. The lowest BCUT2D eigenvalue weighted by atomic mass is 10.0. The van der Waals surface area contributed by atoms with Crippen molar-refractivity contribution in [2.24, 2.45) is 0 Å². The van der Waals surface area contributed by atoms with Gasteiger partial charge in [0.2, 0.25) is 0 Å². The monoisotopic (exact) mass is 768 g/mol. The summed E-state index contributed by atoms with van der Waals surface area (Å²) in [5.74, 6) is 0.111. The number of carbonyl (C=O) groups excluding carboxylic acids is 1.